The van der Waals surface area contributed by atoms with E-state index in [-0.39, 0.29) is 19.6 Å². The molecule has 2 unspecified atom stereocenters. The van der Waals surface area contributed by atoms with Crippen LogP contribution < -0.4 is 0 Å². The molecule has 0 aliphatic carbocycles. The van der Waals surface area contributed by atoms with Crippen molar-refractivity contribution >= 4 is 13.8 Å². The molecule has 2 N–H and O–H groups in total. The van der Waals surface area contributed by atoms with Crippen molar-refractivity contribution < 1.29 is 37.6 Å². The van der Waals surface area contributed by atoms with Gasteiger partial charge in [-0.1, -0.05) is 56.2 Å². The normalized spacial score (nSPS) is 15.3. The zero-order valence-electron chi connectivity index (χ0n) is 22.3. The lowest BCUT2D eigenvalue weighted by atomic mass is 10.1. The average Bonchev–Trinajstić information content (AvgIpc) is 2.78. The first-order valence-electron chi connectivity index (χ1n) is 12.8. The molecule has 0 saturated heterocycles. The maximum absolute atomic E-state index is 11.8. The third kappa shape index (κ3) is 25.6. The fourth-order valence-corrected chi connectivity index (χ4v) is 3.53. The number of phosphoric acid groups is 1. The van der Waals surface area contributed by atoms with E-state index in [0.717, 1.165) is 25.7 Å². The summed E-state index contributed by atoms with van der Waals surface area (Å²) >= 11 is 0. The molecule has 2 atom stereocenters. The van der Waals surface area contributed by atoms with Gasteiger partial charge in [-0.2, -0.15) is 0 Å². The first-order valence-corrected chi connectivity index (χ1v) is 14.3. The first-order chi connectivity index (χ1) is 16.6. The monoisotopic (exact) mass is 518 g/mol. The lowest BCUT2D eigenvalue weighted by Gasteiger charge is -2.24. The number of phosphoric ester groups is 1. The molecule has 0 aromatic rings. The second kappa shape index (κ2) is 20.9. The van der Waals surface area contributed by atoms with Crippen LogP contribution in [0.15, 0.2) is 36.5 Å². The Morgan fingerprint density at radius 1 is 0.886 bits per heavy atom. The number of hydrogen-bond acceptors (Lipinski definition) is 6. The minimum Gasteiger partial charge on any atom is -0.463 e. The van der Waals surface area contributed by atoms with E-state index >= 15 is 0 Å². The number of hydrogen-bond donors (Lipinski definition) is 2. The minimum absolute atomic E-state index is 0.0467. The number of aliphatic hydroxyl groups is 1. The number of esters is 1. The van der Waals surface area contributed by atoms with Crippen molar-refractivity contribution in [3.05, 3.63) is 36.5 Å². The van der Waals surface area contributed by atoms with Crippen LogP contribution in [0.2, 0.25) is 0 Å². The Balaban J connectivity index is 3.73. The number of aliphatic hydroxyl groups excluding tert-OH is 1. The van der Waals surface area contributed by atoms with E-state index in [1.807, 2.05) is 21.1 Å². The molecule has 0 radical (unpaired) electrons. The standard InChI is InChI=1S/C26H48NO7P/c1-5-6-7-8-9-10-11-12-13-14-15-16-17-18-19-20-26(29)32-23-25(28)24-34-35(30,31)33-22-21-27(2,3)4/h9-10,12-13,15-16,25,28H,5-8,11,14,17-24H2,1-4H3/p+1/b10-9-,13-12-,16-15-. The molecule has 9 heteroatoms. The van der Waals surface area contributed by atoms with Crippen LogP contribution in [0, 0.1) is 0 Å². The van der Waals surface area contributed by atoms with Gasteiger partial charge in [0.2, 0.25) is 0 Å². The Kier molecular flexibility index (Phi) is 20.1. The highest BCUT2D eigenvalue weighted by Crippen LogP contribution is 2.43. The van der Waals surface area contributed by atoms with Gasteiger partial charge in [-0.15, -0.1) is 0 Å². The van der Waals surface area contributed by atoms with Gasteiger partial charge in [0.05, 0.1) is 27.7 Å². The number of ether oxygens (including phenoxy) is 1. The highest BCUT2D eigenvalue weighted by molar-refractivity contribution is 7.47. The molecule has 0 rings (SSSR count). The van der Waals surface area contributed by atoms with Crippen LogP contribution in [0.3, 0.4) is 0 Å². The number of nitrogens with zero attached hydrogens (tertiary/aromatic N) is 1. The van der Waals surface area contributed by atoms with Gasteiger partial charge >= 0.3 is 13.8 Å². The van der Waals surface area contributed by atoms with Gasteiger partial charge in [0, 0.05) is 6.42 Å². The highest BCUT2D eigenvalue weighted by atomic mass is 31.2. The molecule has 0 aliphatic rings. The van der Waals surface area contributed by atoms with Crippen molar-refractivity contribution in [3.63, 3.8) is 0 Å². The average molecular weight is 519 g/mol. The van der Waals surface area contributed by atoms with Gasteiger partial charge in [-0.25, -0.2) is 4.57 Å². The maximum atomic E-state index is 11.8. The summed E-state index contributed by atoms with van der Waals surface area (Å²) < 4.78 is 27.0. The SMILES string of the molecule is CCCCC/C=C\C/C=C\C/C=C\CCCCC(=O)OCC(O)COP(=O)(O)OCC[N+](C)(C)C. The van der Waals surface area contributed by atoms with Gasteiger partial charge in [-0.3, -0.25) is 13.8 Å². The summed E-state index contributed by atoms with van der Waals surface area (Å²) in [6.45, 7) is 2.04. The molecule has 0 aromatic carbocycles. The van der Waals surface area contributed by atoms with Crippen molar-refractivity contribution in [3.8, 4) is 0 Å². The molecule has 0 spiro atoms. The molecule has 0 aromatic heterocycles. The molecule has 0 bridgehead atoms. The Morgan fingerprint density at radius 3 is 2.03 bits per heavy atom. The Labute approximate surface area is 212 Å². The number of rotatable bonds is 22. The summed E-state index contributed by atoms with van der Waals surface area (Å²) in [6, 6.07) is 0. The van der Waals surface area contributed by atoms with Crippen LogP contribution in [0.4, 0.5) is 0 Å². The minimum atomic E-state index is -4.25. The summed E-state index contributed by atoms with van der Waals surface area (Å²) in [6.07, 6.45) is 21.5. The van der Waals surface area contributed by atoms with E-state index in [1.54, 1.807) is 0 Å². The van der Waals surface area contributed by atoms with Crippen LogP contribution in [-0.2, 0) is 23.1 Å². The predicted octanol–water partition coefficient (Wildman–Crippen LogP) is 5.32. The summed E-state index contributed by atoms with van der Waals surface area (Å²) in [4.78, 5) is 21.4. The zero-order valence-corrected chi connectivity index (χ0v) is 23.2. The summed E-state index contributed by atoms with van der Waals surface area (Å²) in [5, 5.41) is 9.81. The molecule has 204 valence electrons. The fourth-order valence-electron chi connectivity index (χ4n) is 2.78. The van der Waals surface area contributed by atoms with E-state index in [2.05, 4.69) is 43.4 Å². The lowest BCUT2D eigenvalue weighted by molar-refractivity contribution is -0.870. The molecular formula is C26H49NO7P+. The third-order valence-electron chi connectivity index (χ3n) is 4.90. The van der Waals surface area contributed by atoms with E-state index < -0.39 is 26.5 Å². The van der Waals surface area contributed by atoms with Gasteiger partial charge < -0.3 is 19.2 Å². The predicted molar refractivity (Wildman–Crippen MR) is 141 cm³/mol. The number of quaternary nitrogens is 1. The lowest BCUT2D eigenvalue weighted by Crippen LogP contribution is -2.37. The van der Waals surface area contributed by atoms with Crippen molar-refractivity contribution in [2.75, 3.05) is 47.5 Å². The summed E-state index contributed by atoms with van der Waals surface area (Å²) in [7, 11) is 1.53. The smallest absolute Gasteiger partial charge is 0.463 e. The number of carbonyl (C=O) groups is 1. The van der Waals surface area contributed by atoms with E-state index in [0.29, 0.717) is 17.4 Å². The first kappa shape index (κ1) is 33.7. The Hall–Kier alpha value is -1.28. The molecule has 8 nitrogen and oxygen atoms in total. The molecule has 0 fully saturated rings. The highest BCUT2D eigenvalue weighted by Gasteiger charge is 2.24. The second-order valence-corrected chi connectivity index (χ2v) is 11.0. The largest absolute Gasteiger partial charge is 0.472 e. The Bertz CT molecular complexity index is 671. The van der Waals surface area contributed by atoms with Crippen molar-refractivity contribution in [1.82, 2.24) is 0 Å². The molecule has 35 heavy (non-hydrogen) atoms. The topological polar surface area (TPSA) is 102 Å². The Morgan fingerprint density at radius 2 is 1.46 bits per heavy atom. The number of allylic oxidation sites excluding steroid dienone is 6. The number of likely N-dealkylation sites (N-methyl/N-ethyl adjacent to an activating group) is 1. The zero-order chi connectivity index (χ0) is 26.4. The van der Waals surface area contributed by atoms with Crippen LogP contribution in [-0.4, -0.2) is 74.1 Å². The van der Waals surface area contributed by atoms with Crippen LogP contribution in [0.1, 0.15) is 71.1 Å². The third-order valence-corrected chi connectivity index (χ3v) is 5.89. The van der Waals surface area contributed by atoms with Crippen LogP contribution in [0.5, 0.6) is 0 Å². The van der Waals surface area contributed by atoms with Gasteiger partial charge in [0.25, 0.3) is 0 Å². The summed E-state index contributed by atoms with van der Waals surface area (Å²) in [5.74, 6) is -0.412. The van der Waals surface area contributed by atoms with Gasteiger partial charge in [0.1, 0.15) is 25.9 Å². The van der Waals surface area contributed by atoms with E-state index in [1.165, 1.54) is 25.7 Å². The maximum Gasteiger partial charge on any atom is 0.472 e. The van der Waals surface area contributed by atoms with Crippen molar-refractivity contribution in [2.24, 2.45) is 0 Å². The summed E-state index contributed by atoms with van der Waals surface area (Å²) in [5.41, 5.74) is 0. The second-order valence-electron chi connectivity index (χ2n) is 9.58. The van der Waals surface area contributed by atoms with Crippen LogP contribution >= 0.6 is 7.82 Å². The quantitative estimate of drug-likeness (QED) is 0.0657. The molecule has 0 saturated carbocycles. The van der Waals surface area contributed by atoms with Crippen LogP contribution in [0.25, 0.3) is 0 Å². The number of unbranched alkanes of at least 4 members (excludes halogenated alkanes) is 5. The molecule has 0 amide bonds. The van der Waals surface area contributed by atoms with Crippen molar-refractivity contribution in [2.45, 2.75) is 77.2 Å². The molecular weight excluding hydrogens is 469 g/mol. The van der Waals surface area contributed by atoms with E-state index in [9.17, 15) is 19.4 Å². The van der Waals surface area contributed by atoms with E-state index in [4.69, 9.17) is 13.8 Å². The number of carbonyl (C=O) groups excluding carboxylic acids is 1. The fraction of sp³-hybridized carbons (Fsp3) is 0.731. The van der Waals surface area contributed by atoms with Crippen molar-refractivity contribution in [1.29, 1.82) is 0 Å². The van der Waals surface area contributed by atoms with Gasteiger partial charge in [0.15, 0.2) is 0 Å². The molecule has 0 aliphatic heterocycles. The molecule has 0 heterocycles. The van der Waals surface area contributed by atoms with Gasteiger partial charge in [-0.05, 0) is 44.9 Å².